The molecule has 11 unspecified atom stereocenters. The first-order valence-corrected chi connectivity index (χ1v) is 22.3. The van der Waals surface area contributed by atoms with E-state index >= 15 is 0 Å². The standard InChI is InChI=1S/C30H50O.C20H18O6/c1-20(2)10-9-11-21(3)22-14-18-30(8)24-12-13-25-27(4,5)26(31)16-17-28(25,6)23(24)15-19-29(22,30)7;1-3-15-17(25-9-23-15)5-11(1)19-13-7-22-20(14(13)8-21-19)12-2-4-16-18(6-12)26-10-24-16/h10,21-22,25-26,31H,9,11-19H2,1-8H3;1-6,13-14,19-20H,7-10H2. The molecule has 57 heavy (non-hydrogen) atoms. The first kappa shape index (κ1) is 39.5. The van der Waals surface area contributed by atoms with E-state index in [2.05, 4.69) is 73.6 Å². The minimum Gasteiger partial charge on any atom is -0.454 e. The van der Waals surface area contributed by atoms with Crippen LogP contribution in [0.1, 0.15) is 143 Å². The molecule has 7 heteroatoms. The third-order valence-corrected chi connectivity index (χ3v) is 17.4. The number of benzene rings is 2. The second kappa shape index (κ2) is 14.6. The maximum atomic E-state index is 10.8. The Hall–Kier alpha value is -3.00. The summed E-state index contributed by atoms with van der Waals surface area (Å²) in [7, 11) is 0. The molecule has 8 aliphatic rings. The highest BCUT2D eigenvalue weighted by molar-refractivity contribution is 5.47. The summed E-state index contributed by atoms with van der Waals surface area (Å²) < 4.78 is 34.2. The molecular formula is C50H68O7. The average molecular weight is 781 g/mol. The molecule has 0 aromatic heterocycles. The maximum Gasteiger partial charge on any atom is 0.231 e. The van der Waals surface area contributed by atoms with Crippen LogP contribution in [0.25, 0.3) is 0 Å². The molecule has 4 aliphatic heterocycles. The van der Waals surface area contributed by atoms with Crippen LogP contribution in [0.15, 0.2) is 59.2 Å². The number of hydrogen-bond donors (Lipinski definition) is 1. The van der Waals surface area contributed by atoms with Crippen LogP contribution in [0, 0.1) is 51.2 Å². The van der Waals surface area contributed by atoms with Gasteiger partial charge in [-0.3, -0.25) is 0 Å². The number of fused-ring (bicyclic) bond motifs is 7. The lowest BCUT2D eigenvalue weighted by atomic mass is 9.43. The molecule has 2 aromatic rings. The SMILES string of the molecule is CC(C)=CCCC(C)C1CCC2(C)C3=C(CCC12C)C1(C)CCC(O)C(C)(C)C1CC3.c1cc2c(cc1C1OCC3C(c4ccc5c(c4)OCO5)OCC13)OCO2. The Bertz CT molecular complexity index is 1840. The summed E-state index contributed by atoms with van der Waals surface area (Å²) in [6.45, 7) is 21.6. The van der Waals surface area contributed by atoms with Crippen molar-refractivity contribution in [1.29, 1.82) is 0 Å². The molecule has 4 fully saturated rings. The van der Waals surface area contributed by atoms with Crippen LogP contribution in [0.4, 0.5) is 0 Å². The molecule has 0 bridgehead atoms. The monoisotopic (exact) mass is 780 g/mol. The zero-order valence-corrected chi connectivity index (χ0v) is 36.0. The van der Waals surface area contributed by atoms with E-state index in [0.29, 0.717) is 47.2 Å². The number of aliphatic hydroxyl groups excluding tert-OH is 1. The zero-order valence-electron chi connectivity index (χ0n) is 36.0. The van der Waals surface area contributed by atoms with Crippen molar-refractivity contribution in [3.8, 4) is 23.0 Å². The number of aliphatic hydroxyl groups is 1. The van der Waals surface area contributed by atoms with Gasteiger partial charge in [0.2, 0.25) is 13.6 Å². The number of allylic oxidation sites excluding steroid dienone is 4. The van der Waals surface area contributed by atoms with Gasteiger partial charge in [-0.15, -0.1) is 0 Å². The van der Waals surface area contributed by atoms with Crippen LogP contribution in [0.3, 0.4) is 0 Å². The highest BCUT2D eigenvalue weighted by Gasteiger charge is 2.63. The largest absolute Gasteiger partial charge is 0.454 e. The number of hydrogen-bond acceptors (Lipinski definition) is 7. The normalized spacial score (nSPS) is 38.4. The third kappa shape index (κ3) is 6.38. The Morgan fingerprint density at radius 3 is 1.93 bits per heavy atom. The zero-order chi connectivity index (χ0) is 39.9. The summed E-state index contributed by atoms with van der Waals surface area (Å²) in [4.78, 5) is 0. The van der Waals surface area contributed by atoms with Crippen LogP contribution in [-0.2, 0) is 9.47 Å². The fourth-order valence-electron chi connectivity index (χ4n) is 13.9. The Balaban J connectivity index is 0.000000150. The fourth-order valence-corrected chi connectivity index (χ4v) is 13.9. The van der Waals surface area contributed by atoms with Gasteiger partial charge in [0.1, 0.15) is 0 Å². The molecular weight excluding hydrogens is 713 g/mol. The van der Waals surface area contributed by atoms with Crippen molar-refractivity contribution in [3.63, 3.8) is 0 Å². The molecule has 0 radical (unpaired) electrons. The number of rotatable bonds is 6. The van der Waals surface area contributed by atoms with Gasteiger partial charge in [-0.1, -0.05) is 76.5 Å². The van der Waals surface area contributed by atoms with Crippen molar-refractivity contribution in [1.82, 2.24) is 0 Å². The van der Waals surface area contributed by atoms with Crippen molar-refractivity contribution in [2.24, 2.45) is 51.2 Å². The van der Waals surface area contributed by atoms with Crippen LogP contribution in [-0.4, -0.2) is 38.0 Å². The first-order valence-electron chi connectivity index (χ1n) is 22.3. The second-order valence-electron chi connectivity index (χ2n) is 20.6. The highest BCUT2D eigenvalue weighted by Crippen LogP contribution is 2.72. The van der Waals surface area contributed by atoms with Gasteiger partial charge in [0, 0.05) is 11.8 Å². The molecule has 310 valence electrons. The van der Waals surface area contributed by atoms with Crippen molar-refractivity contribution in [2.75, 3.05) is 26.8 Å². The quantitative estimate of drug-likeness (QED) is 0.293. The van der Waals surface area contributed by atoms with E-state index in [1.165, 1.54) is 63.4 Å². The van der Waals surface area contributed by atoms with E-state index in [4.69, 9.17) is 28.4 Å². The lowest BCUT2D eigenvalue weighted by molar-refractivity contribution is -0.0962. The Kier molecular flexibility index (Phi) is 10.1. The molecule has 7 nitrogen and oxygen atoms in total. The molecule has 0 spiro atoms. The highest BCUT2D eigenvalue weighted by atomic mass is 16.7. The Morgan fingerprint density at radius 2 is 1.33 bits per heavy atom. The van der Waals surface area contributed by atoms with Gasteiger partial charge < -0.3 is 33.5 Å². The van der Waals surface area contributed by atoms with Gasteiger partial charge in [-0.2, -0.15) is 0 Å². The van der Waals surface area contributed by atoms with Gasteiger partial charge >= 0.3 is 0 Å². The minimum absolute atomic E-state index is 0.0218. The van der Waals surface area contributed by atoms with E-state index < -0.39 is 0 Å². The van der Waals surface area contributed by atoms with Gasteiger partial charge in [0.15, 0.2) is 23.0 Å². The summed E-state index contributed by atoms with van der Waals surface area (Å²) in [5, 5.41) is 10.8. The first-order chi connectivity index (χ1) is 27.2. The molecule has 11 atom stereocenters. The molecule has 4 aliphatic carbocycles. The van der Waals surface area contributed by atoms with Crippen molar-refractivity contribution in [2.45, 2.75) is 138 Å². The molecule has 4 heterocycles. The Morgan fingerprint density at radius 1 is 0.737 bits per heavy atom. The van der Waals surface area contributed by atoms with Crippen molar-refractivity contribution >= 4 is 0 Å². The fraction of sp³-hybridized carbons (Fsp3) is 0.680. The summed E-state index contributed by atoms with van der Waals surface area (Å²) in [5.41, 5.74) is 8.65. The second-order valence-corrected chi connectivity index (χ2v) is 20.6. The topological polar surface area (TPSA) is 75.6 Å². The van der Waals surface area contributed by atoms with E-state index in [9.17, 15) is 5.11 Å². The maximum absolute atomic E-state index is 10.8. The minimum atomic E-state index is -0.130. The number of ether oxygens (including phenoxy) is 6. The summed E-state index contributed by atoms with van der Waals surface area (Å²) >= 11 is 0. The summed E-state index contributed by atoms with van der Waals surface area (Å²) in [6, 6.07) is 12.1. The third-order valence-electron chi connectivity index (χ3n) is 17.4. The molecule has 2 saturated carbocycles. The van der Waals surface area contributed by atoms with E-state index in [1.54, 1.807) is 0 Å². The smallest absolute Gasteiger partial charge is 0.231 e. The molecule has 0 amide bonds. The van der Waals surface area contributed by atoms with Crippen LogP contribution in [0.5, 0.6) is 23.0 Å². The van der Waals surface area contributed by atoms with Crippen LogP contribution < -0.4 is 18.9 Å². The van der Waals surface area contributed by atoms with Crippen LogP contribution in [0.2, 0.25) is 0 Å². The summed E-state index contributed by atoms with van der Waals surface area (Å²) in [5.74, 6) is 6.15. The van der Waals surface area contributed by atoms with Gasteiger partial charge in [0.05, 0.1) is 31.5 Å². The van der Waals surface area contributed by atoms with Crippen molar-refractivity contribution < 1.29 is 33.5 Å². The lowest BCUT2D eigenvalue weighted by Gasteiger charge is -2.62. The molecule has 10 rings (SSSR count). The van der Waals surface area contributed by atoms with Crippen molar-refractivity contribution in [3.05, 3.63) is 70.3 Å². The van der Waals surface area contributed by atoms with E-state index in [1.807, 2.05) is 35.4 Å². The van der Waals surface area contributed by atoms with Gasteiger partial charge in [-0.05, 0) is 153 Å². The van der Waals surface area contributed by atoms with Gasteiger partial charge in [-0.25, -0.2) is 0 Å². The molecule has 2 aromatic carbocycles. The van der Waals surface area contributed by atoms with Gasteiger partial charge in [0.25, 0.3) is 0 Å². The molecule has 1 N–H and O–H groups in total. The average Bonchev–Trinajstić information content (AvgIpc) is 4.02. The molecule has 2 saturated heterocycles. The van der Waals surface area contributed by atoms with Crippen LogP contribution >= 0.6 is 0 Å². The van der Waals surface area contributed by atoms with E-state index in [0.717, 1.165) is 52.4 Å². The predicted molar refractivity (Wildman–Crippen MR) is 222 cm³/mol. The summed E-state index contributed by atoms with van der Waals surface area (Å²) in [6.07, 6.45) is 15.2. The Labute approximate surface area is 341 Å². The lowest BCUT2D eigenvalue weighted by Crippen LogP contribution is -2.55. The predicted octanol–water partition coefficient (Wildman–Crippen LogP) is 11.7. The van der Waals surface area contributed by atoms with E-state index in [-0.39, 0.29) is 37.3 Å².